The molecule has 30 heavy (non-hydrogen) atoms. The van der Waals surface area contributed by atoms with Crippen molar-refractivity contribution in [2.75, 3.05) is 18.6 Å². The van der Waals surface area contributed by atoms with Crippen LogP contribution in [0.1, 0.15) is 111 Å². The highest BCUT2D eigenvalue weighted by Gasteiger charge is 2.53. The van der Waals surface area contributed by atoms with Gasteiger partial charge in [0.2, 0.25) is 0 Å². The van der Waals surface area contributed by atoms with Crippen LogP contribution in [0.2, 0.25) is 0 Å². The Bertz CT molecular complexity index is 485. The fourth-order valence-corrected chi connectivity index (χ4v) is 5.21. The van der Waals surface area contributed by atoms with E-state index in [4.69, 9.17) is 9.47 Å². The van der Waals surface area contributed by atoms with Gasteiger partial charge in [-0.1, -0.05) is 84.0 Å². The number of ether oxygens (including phenoxy) is 2. The normalized spacial score (nSPS) is 25.1. The summed E-state index contributed by atoms with van der Waals surface area (Å²) < 4.78 is 11.7. The van der Waals surface area contributed by atoms with Crippen molar-refractivity contribution in [3.05, 3.63) is 0 Å². The van der Waals surface area contributed by atoms with Gasteiger partial charge in [-0.2, -0.15) is 11.8 Å². The van der Waals surface area contributed by atoms with Crippen LogP contribution < -0.4 is 0 Å². The van der Waals surface area contributed by atoms with Crippen molar-refractivity contribution in [1.82, 2.24) is 4.90 Å². The lowest BCUT2D eigenvalue weighted by Crippen LogP contribution is -2.50. The number of rotatable bonds is 17. The van der Waals surface area contributed by atoms with Crippen molar-refractivity contribution < 1.29 is 14.3 Å². The highest BCUT2D eigenvalue weighted by Crippen LogP contribution is 2.36. The first kappa shape index (κ1) is 26.0. The minimum absolute atomic E-state index is 0.137. The molecule has 0 aromatic heterocycles. The summed E-state index contributed by atoms with van der Waals surface area (Å²) in [6.07, 6.45) is 20.4. The number of epoxide rings is 1. The molecule has 4 nitrogen and oxygen atoms in total. The van der Waals surface area contributed by atoms with E-state index in [0.717, 1.165) is 18.6 Å². The SMILES string of the molecule is CCCCCCCCCCCCCC[C@H]1O[C@@H]1C(=O)N1[C@@H](CCSC)COC1(C)C. The Morgan fingerprint density at radius 2 is 1.50 bits per heavy atom. The maximum atomic E-state index is 13.0. The molecule has 2 aliphatic heterocycles. The molecule has 0 spiro atoms. The molecule has 0 aliphatic carbocycles. The van der Waals surface area contributed by atoms with Crippen LogP contribution in [-0.4, -0.2) is 53.4 Å². The molecular formula is C25H47NO3S. The van der Waals surface area contributed by atoms with Gasteiger partial charge in [-0.05, 0) is 38.7 Å². The van der Waals surface area contributed by atoms with Crippen LogP contribution in [0.5, 0.6) is 0 Å². The highest BCUT2D eigenvalue weighted by atomic mass is 32.2. The molecule has 5 heteroatoms. The van der Waals surface area contributed by atoms with Crippen LogP contribution in [0.25, 0.3) is 0 Å². The molecule has 0 unspecified atom stereocenters. The summed E-state index contributed by atoms with van der Waals surface area (Å²) in [5.41, 5.74) is -0.507. The van der Waals surface area contributed by atoms with E-state index in [1.54, 1.807) is 0 Å². The van der Waals surface area contributed by atoms with Crippen molar-refractivity contribution in [3.63, 3.8) is 0 Å². The Kier molecular flexibility index (Phi) is 12.1. The highest BCUT2D eigenvalue weighted by molar-refractivity contribution is 7.98. The van der Waals surface area contributed by atoms with Gasteiger partial charge in [0.25, 0.3) is 5.91 Å². The van der Waals surface area contributed by atoms with Crippen molar-refractivity contribution >= 4 is 17.7 Å². The van der Waals surface area contributed by atoms with Crippen molar-refractivity contribution in [1.29, 1.82) is 0 Å². The lowest BCUT2D eigenvalue weighted by molar-refractivity contribution is -0.147. The van der Waals surface area contributed by atoms with Gasteiger partial charge in [-0.3, -0.25) is 4.79 Å². The van der Waals surface area contributed by atoms with Gasteiger partial charge in [0, 0.05) is 0 Å². The topological polar surface area (TPSA) is 42.1 Å². The molecule has 0 saturated carbocycles. The van der Waals surface area contributed by atoms with Crippen LogP contribution in [0.15, 0.2) is 0 Å². The second-order valence-electron chi connectivity index (χ2n) is 9.67. The Balaban J connectivity index is 1.51. The quantitative estimate of drug-likeness (QED) is 0.189. The lowest BCUT2D eigenvalue weighted by atomic mass is 10.0. The molecule has 0 N–H and O–H groups in total. The maximum absolute atomic E-state index is 13.0. The van der Waals surface area contributed by atoms with E-state index in [1.807, 2.05) is 30.5 Å². The number of amides is 1. The average Bonchev–Trinajstić information content (AvgIpc) is 3.43. The van der Waals surface area contributed by atoms with Gasteiger partial charge in [-0.15, -0.1) is 0 Å². The number of unbranched alkanes of at least 4 members (excludes halogenated alkanes) is 11. The Labute approximate surface area is 190 Å². The van der Waals surface area contributed by atoms with Gasteiger partial charge in [0.1, 0.15) is 5.72 Å². The van der Waals surface area contributed by atoms with Crippen LogP contribution >= 0.6 is 11.8 Å². The first-order valence-corrected chi connectivity index (χ1v) is 14.0. The molecular weight excluding hydrogens is 394 g/mol. The summed E-state index contributed by atoms with van der Waals surface area (Å²) in [5, 5.41) is 0. The second kappa shape index (κ2) is 14.0. The minimum Gasteiger partial charge on any atom is -0.359 e. The fourth-order valence-electron chi connectivity index (χ4n) is 4.70. The summed E-state index contributed by atoms with van der Waals surface area (Å²) in [5.74, 6) is 1.20. The van der Waals surface area contributed by atoms with E-state index in [-0.39, 0.29) is 24.2 Å². The van der Waals surface area contributed by atoms with Crippen molar-refractivity contribution in [2.24, 2.45) is 0 Å². The maximum Gasteiger partial charge on any atom is 0.257 e. The number of hydrogen-bond donors (Lipinski definition) is 0. The Hall–Kier alpha value is -0.260. The van der Waals surface area contributed by atoms with Crippen LogP contribution in [0.3, 0.4) is 0 Å². The van der Waals surface area contributed by atoms with E-state index < -0.39 is 5.72 Å². The van der Waals surface area contributed by atoms with Crippen LogP contribution in [-0.2, 0) is 14.3 Å². The summed E-state index contributed by atoms with van der Waals surface area (Å²) in [6.45, 7) is 6.94. The van der Waals surface area contributed by atoms with E-state index in [9.17, 15) is 4.79 Å². The van der Waals surface area contributed by atoms with Crippen LogP contribution in [0, 0.1) is 0 Å². The van der Waals surface area contributed by atoms with Gasteiger partial charge in [0.15, 0.2) is 6.10 Å². The van der Waals surface area contributed by atoms with Gasteiger partial charge in [-0.25, -0.2) is 0 Å². The van der Waals surface area contributed by atoms with E-state index in [2.05, 4.69) is 13.2 Å². The lowest BCUT2D eigenvalue weighted by Gasteiger charge is -2.33. The molecule has 2 heterocycles. The zero-order chi connectivity index (χ0) is 21.8. The minimum atomic E-state index is -0.507. The van der Waals surface area contributed by atoms with E-state index >= 15 is 0 Å². The average molecular weight is 442 g/mol. The van der Waals surface area contributed by atoms with E-state index in [0.29, 0.717) is 6.61 Å². The number of carbonyl (C=O) groups excluding carboxylic acids is 1. The third kappa shape index (κ3) is 8.70. The van der Waals surface area contributed by atoms with Gasteiger partial charge in [0.05, 0.1) is 18.8 Å². The smallest absolute Gasteiger partial charge is 0.257 e. The number of thioether (sulfide) groups is 1. The summed E-state index contributed by atoms with van der Waals surface area (Å²) >= 11 is 1.83. The first-order valence-electron chi connectivity index (χ1n) is 12.6. The zero-order valence-electron chi connectivity index (χ0n) is 20.1. The Morgan fingerprint density at radius 1 is 0.933 bits per heavy atom. The molecule has 2 fully saturated rings. The molecule has 1 amide bonds. The summed E-state index contributed by atoms with van der Waals surface area (Å²) in [4.78, 5) is 15.0. The van der Waals surface area contributed by atoms with Crippen molar-refractivity contribution in [3.8, 4) is 0 Å². The fraction of sp³-hybridized carbons (Fsp3) is 0.960. The standard InChI is InChI=1S/C25H47NO3S/c1-5-6-7-8-9-10-11-12-13-14-15-16-17-22-23(29-22)24(27)26-21(18-19-30-4)20-28-25(26,2)3/h21-23H,5-20H2,1-4H3/t21-,22+,23-/m0/s1. The third-order valence-electron chi connectivity index (χ3n) is 6.63. The van der Waals surface area contributed by atoms with E-state index in [1.165, 1.54) is 77.0 Å². The van der Waals surface area contributed by atoms with Gasteiger partial charge < -0.3 is 14.4 Å². The molecule has 3 atom stereocenters. The molecule has 0 radical (unpaired) electrons. The molecule has 2 rings (SSSR count). The van der Waals surface area contributed by atoms with Gasteiger partial charge >= 0.3 is 0 Å². The predicted octanol–water partition coefficient (Wildman–Crippen LogP) is 6.56. The third-order valence-corrected chi connectivity index (χ3v) is 7.28. The number of hydrogen-bond acceptors (Lipinski definition) is 4. The Morgan fingerprint density at radius 3 is 2.07 bits per heavy atom. The summed E-state index contributed by atoms with van der Waals surface area (Å²) in [7, 11) is 0. The molecule has 0 bridgehead atoms. The molecule has 0 aromatic rings. The van der Waals surface area contributed by atoms with Crippen LogP contribution in [0.4, 0.5) is 0 Å². The second-order valence-corrected chi connectivity index (χ2v) is 10.7. The van der Waals surface area contributed by atoms with Crippen molar-refractivity contribution in [2.45, 2.75) is 135 Å². The predicted molar refractivity (Wildman–Crippen MR) is 128 cm³/mol. The first-order chi connectivity index (χ1) is 14.5. The summed E-state index contributed by atoms with van der Waals surface area (Å²) in [6, 6.07) is 0.191. The largest absolute Gasteiger partial charge is 0.359 e. The monoisotopic (exact) mass is 441 g/mol. The molecule has 0 aromatic carbocycles. The number of carbonyl (C=O) groups is 1. The molecule has 2 saturated heterocycles. The molecule has 176 valence electrons. The zero-order valence-corrected chi connectivity index (χ0v) is 20.9. The molecule has 2 aliphatic rings. The number of nitrogens with zero attached hydrogens (tertiary/aromatic N) is 1.